The Balaban J connectivity index is 2.43. The van der Waals surface area contributed by atoms with Gasteiger partial charge in [0.25, 0.3) is 0 Å². The summed E-state index contributed by atoms with van der Waals surface area (Å²) in [6.07, 6.45) is 0. The maximum atomic E-state index is 11.0. The molecular weight excluding hydrogens is 268 g/mol. The molecule has 8 nitrogen and oxygen atoms in total. The third-order valence-corrected chi connectivity index (χ3v) is 3.07. The van der Waals surface area contributed by atoms with E-state index >= 15 is 0 Å². The number of anilines is 3. The molecule has 1 heterocycles. The van der Waals surface area contributed by atoms with Crippen molar-refractivity contribution in [3.8, 4) is 0 Å². The average Bonchev–Trinajstić information content (AvgIpc) is 2.26. The first-order chi connectivity index (χ1) is 8.97. The smallest absolute Gasteiger partial charge is 0.306 e. The highest BCUT2D eigenvalue weighted by Crippen LogP contribution is 2.36. The van der Waals surface area contributed by atoms with E-state index in [-0.39, 0.29) is 28.2 Å². The van der Waals surface area contributed by atoms with Crippen molar-refractivity contribution in [2.75, 3.05) is 17.2 Å². The van der Waals surface area contributed by atoms with Crippen LogP contribution in [-0.4, -0.2) is 14.9 Å². The van der Waals surface area contributed by atoms with Gasteiger partial charge >= 0.3 is 5.69 Å². The number of benzene rings is 1. The second-order valence-corrected chi connectivity index (χ2v) is 4.56. The summed E-state index contributed by atoms with van der Waals surface area (Å²) >= 11 is 0.981. The molecule has 0 saturated heterocycles. The van der Waals surface area contributed by atoms with Crippen LogP contribution >= 0.6 is 11.8 Å². The van der Waals surface area contributed by atoms with Crippen LogP contribution in [-0.2, 0) is 0 Å². The van der Waals surface area contributed by atoms with Gasteiger partial charge < -0.3 is 17.2 Å². The number of para-hydroxylation sites is 1. The van der Waals surface area contributed by atoms with Crippen molar-refractivity contribution >= 4 is 34.8 Å². The van der Waals surface area contributed by atoms with Crippen molar-refractivity contribution in [1.29, 1.82) is 0 Å². The predicted octanol–water partition coefficient (Wildman–Crippen LogP) is 1.28. The Labute approximate surface area is 112 Å². The van der Waals surface area contributed by atoms with E-state index < -0.39 is 4.92 Å². The van der Waals surface area contributed by atoms with E-state index in [4.69, 9.17) is 17.2 Å². The highest BCUT2D eigenvalue weighted by Gasteiger charge is 2.19. The van der Waals surface area contributed by atoms with Crippen LogP contribution in [0.5, 0.6) is 0 Å². The van der Waals surface area contributed by atoms with E-state index in [2.05, 4.69) is 9.97 Å². The Morgan fingerprint density at radius 2 is 1.79 bits per heavy atom. The van der Waals surface area contributed by atoms with E-state index in [0.717, 1.165) is 11.8 Å². The fourth-order valence-electron chi connectivity index (χ4n) is 1.42. The van der Waals surface area contributed by atoms with Gasteiger partial charge in [-0.3, -0.25) is 10.1 Å². The summed E-state index contributed by atoms with van der Waals surface area (Å²) in [6, 6.07) is 6.02. The number of nitro groups is 1. The van der Waals surface area contributed by atoms with Crippen molar-refractivity contribution in [3.05, 3.63) is 34.4 Å². The molecule has 0 aliphatic carbocycles. The second kappa shape index (κ2) is 4.98. The quantitative estimate of drug-likeness (QED) is 0.329. The number of hydrogen-bond donors (Lipinski definition) is 3. The van der Waals surface area contributed by atoms with Gasteiger partial charge in [-0.1, -0.05) is 6.07 Å². The summed E-state index contributed by atoms with van der Waals surface area (Å²) in [5.41, 5.74) is 16.6. The standard InChI is InChI=1S/C10H10N6O2S/c11-5-2-1-3-6(9(5)16(17)18)19-10-14-7(12)4-8(13)15-10/h1-4H,11H2,(H4,12,13,14,15). The van der Waals surface area contributed by atoms with Gasteiger partial charge in [0.2, 0.25) is 0 Å². The summed E-state index contributed by atoms with van der Waals surface area (Å²) in [7, 11) is 0. The highest BCUT2D eigenvalue weighted by molar-refractivity contribution is 7.99. The normalized spacial score (nSPS) is 10.3. The van der Waals surface area contributed by atoms with Gasteiger partial charge in [0.15, 0.2) is 5.16 Å². The molecule has 0 aliphatic rings. The monoisotopic (exact) mass is 278 g/mol. The van der Waals surface area contributed by atoms with Crippen molar-refractivity contribution < 1.29 is 4.92 Å². The van der Waals surface area contributed by atoms with Crippen LogP contribution < -0.4 is 17.2 Å². The van der Waals surface area contributed by atoms with E-state index in [1.165, 1.54) is 12.1 Å². The van der Waals surface area contributed by atoms with Gasteiger partial charge in [0.1, 0.15) is 17.3 Å². The minimum atomic E-state index is -0.548. The minimum Gasteiger partial charge on any atom is -0.393 e. The molecule has 0 radical (unpaired) electrons. The number of nitrogens with zero attached hydrogens (tertiary/aromatic N) is 3. The van der Waals surface area contributed by atoms with E-state index in [0.29, 0.717) is 4.90 Å². The second-order valence-electron chi connectivity index (χ2n) is 3.55. The lowest BCUT2D eigenvalue weighted by atomic mass is 10.3. The maximum Gasteiger partial charge on any atom is 0.306 e. The first kappa shape index (κ1) is 12.9. The van der Waals surface area contributed by atoms with Gasteiger partial charge in [-0.15, -0.1) is 0 Å². The summed E-state index contributed by atoms with van der Waals surface area (Å²) in [5.74, 6) is 0.392. The van der Waals surface area contributed by atoms with Crippen LogP contribution in [0.2, 0.25) is 0 Å². The Morgan fingerprint density at radius 1 is 1.16 bits per heavy atom. The molecule has 0 saturated carbocycles. The number of aromatic nitrogens is 2. The SMILES string of the molecule is Nc1cc(N)nc(Sc2cccc(N)c2[N+](=O)[O-])n1. The van der Waals surface area contributed by atoms with Crippen molar-refractivity contribution in [2.45, 2.75) is 10.1 Å². The van der Waals surface area contributed by atoms with E-state index in [9.17, 15) is 10.1 Å². The lowest BCUT2D eigenvalue weighted by Crippen LogP contribution is -2.00. The molecule has 0 fully saturated rings. The topological polar surface area (TPSA) is 147 Å². The number of rotatable bonds is 3. The average molecular weight is 278 g/mol. The van der Waals surface area contributed by atoms with Gasteiger partial charge in [0, 0.05) is 6.07 Å². The Hall–Kier alpha value is -2.55. The Kier molecular flexibility index (Phi) is 3.38. The minimum absolute atomic E-state index is 0.0758. The van der Waals surface area contributed by atoms with Crippen molar-refractivity contribution in [1.82, 2.24) is 9.97 Å². The zero-order valence-corrected chi connectivity index (χ0v) is 10.4. The van der Waals surface area contributed by atoms with E-state index in [1.807, 2.05) is 0 Å². The van der Waals surface area contributed by atoms with Gasteiger partial charge in [0.05, 0.1) is 9.82 Å². The maximum absolute atomic E-state index is 11.0. The molecule has 0 amide bonds. The molecule has 1 aromatic carbocycles. The molecule has 6 N–H and O–H groups in total. The van der Waals surface area contributed by atoms with Crippen LogP contribution in [0.1, 0.15) is 0 Å². The van der Waals surface area contributed by atoms with Crippen LogP contribution in [0.25, 0.3) is 0 Å². The first-order valence-electron chi connectivity index (χ1n) is 5.08. The summed E-state index contributed by atoms with van der Waals surface area (Å²) in [6.45, 7) is 0. The molecule has 9 heteroatoms. The molecule has 98 valence electrons. The third-order valence-electron chi connectivity index (χ3n) is 2.16. The van der Waals surface area contributed by atoms with Crippen LogP contribution in [0, 0.1) is 10.1 Å². The lowest BCUT2D eigenvalue weighted by molar-refractivity contribution is -0.386. The molecule has 0 bridgehead atoms. The molecule has 0 unspecified atom stereocenters. The van der Waals surface area contributed by atoms with Crippen LogP contribution in [0.3, 0.4) is 0 Å². The Bertz CT molecular complexity index is 628. The van der Waals surface area contributed by atoms with E-state index in [1.54, 1.807) is 12.1 Å². The van der Waals surface area contributed by atoms with Gasteiger partial charge in [-0.25, -0.2) is 9.97 Å². The lowest BCUT2D eigenvalue weighted by Gasteiger charge is -2.05. The largest absolute Gasteiger partial charge is 0.393 e. The molecule has 19 heavy (non-hydrogen) atoms. The van der Waals surface area contributed by atoms with Crippen LogP contribution in [0.4, 0.5) is 23.0 Å². The highest BCUT2D eigenvalue weighted by atomic mass is 32.2. The first-order valence-corrected chi connectivity index (χ1v) is 5.90. The number of hydrogen-bond acceptors (Lipinski definition) is 8. The molecule has 2 aromatic rings. The third kappa shape index (κ3) is 2.83. The summed E-state index contributed by atoms with van der Waals surface area (Å²) in [4.78, 5) is 18.7. The molecule has 0 atom stereocenters. The number of nitrogen functional groups attached to an aromatic ring is 3. The number of nitrogens with two attached hydrogens (primary N) is 3. The fourth-order valence-corrected chi connectivity index (χ4v) is 2.36. The van der Waals surface area contributed by atoms with Crippen molar-refractivity contribution in [2.24, 2.45) is 0 Å². The molecular formula is C10H10N6O2S. The number of nitro benzene ring substituents is 1. The van der Waals surface area contributed by atoms with Gasteiger partial charge in [-0.05, 0) is 23.9 Å². The molecule has 1 aromatic heterocycles. The predicted molar refractivity (Wildman–Crippen MR) is 72.5 cm³/mol. The van der Waals surface area contributed by atoms with Crippen LogP contribution in [0.15, 0.2) is 34.3 Å². The fraction of sp³-hybridized carbons (Fsp3) is 0. The zero-order valence-electron chi connectivity index (χ0n) is 9.61. The molecule has 2 rings (SSSR count). The van der Waals surface area contributed by atoms with Crippen molar-refractivity contribution in [3.63, 3.8) is 0 Å². The van der Waals surface area contributed by atoms with Gasteiger partial charge in [-0.2, -0.15) is 0 Å². The molecule has 0 spiro atoms. The summed E-state index contributed by atoms with van der Waals surface area (Å²) < 4.78 is 0. The summed E-state index contributed by atoms with van der Waals surface area (Å²) in [5, 5.41) is 11.2. The molecule has 0 aliphatic heterocycles. The zero-order chi connectivity index (χ0) is 14.0. The Morgan fingerprint density at radius 3 is 2.37 bits per heavy atom.